The molecule has 1 aromatic heterocycles. The lowest BCUT2D eigenvalue weighted by Gasteiger charge is -2.10. The molecule has 0 aliphatic rings. The van der Waals surface area contributed by atoms with E-state index in [2.05, 4.69) is 10.4 Å². The van der Waals surface area contributed by atoms with Gasteiger partial charge in [0.2, 0.25) is 0 Å². The van der Waals surface area contributed by atoms with E-state index in [-0.39, 0.29) is 5.91 Å². The first kappa shape index (κ1) is 16.5. The zero-order chi connectivity index (χ0) is 17.6. The number of hydrogen-bond acceptors (Lipinski definition) is 3. The Morgan fingerprint density at radius 3 is 2.48 bits per heavy atom. The molecule has 1 N–H and O–H groups in total. The molecule has 0 aliphatic carbocycles. The molecule has 3 rings (SSSR count). The lowest BCUT2D eigenvalue weighted by molar-refractivity contribution is -0.111. The van der Waals surface area contributed by atoms with Gasteiger partial charge in [0.25, 0.3) is 5.91 Å². The number of nitrogens with one attached hydrogen (secondary N) is 1. The molecule has 1 heterocycles. The summed E-state index contributed by atoms with van der Waals surface area (Å²) in [4.78, 5) is 12.9. The van der Waals surface area contributed by atoms with Crippen LogP contribution in [0.5, 0.6) is 5.75 Å². The van der Waals surface area contributed by atoms with Crippen molar-refractivity contribution < 1.29 is 9.53 Å². The van der Waals surface area contributed by atoms with E-state index in [1.54, 1.807) is 31.1 Å². The monoisotopic (exact) mass is 333 g/mol. The van der Waals surface area contributed by atoms with Crippen LogP contribution in [0.15, 0.2) is 66.9 Å². The van der Waals surface area contributed by atoms with E-state index >= 15 is 0 Å². The summed E-state index contributed by atoms with van der Waals surface area (Å²) in [6.07, 6.45) is 3.61. The third kappa shape index (κ3) is 3.95. The molecule has 3 aromatic rings. The van der Waals surface area contributed by atoms with Gasteiger partial charge in [-0.1, -0.05) is 48.5 Å². The standard InChI is InChI=1S/C20H19N3O2/c1-23-13-12-19(22-23)21-20(24)17(15-8-4-3-5-9-15)14-16-10-6-7-11-18(16)25-2/h3-14H,1-2H3,(H,21,22,24)/b17-14+. The number of carbonyl (C=O) groups excluding carboxylic acids is 1. The van der Waals surface area contributed by atoms with Gasteiger partial charge in [-0.15, -0.1) is 0 Å². The molecule has 0 saturated heterocycles. The van der Waals surface area contributed by atoms with Crippen molar-refractivity contribution in [1.29, 1.82) is 0 Å². The Labute approximate surface area is 146 Å². The van der Waals surface area contributed by atoms with Crippen molar-refractivity contribution in [2.45, 2.75) is 0 Å². The van der Waals surface area contributed by atoms with Gasteiger partial charge in [-0.2, -0.15) is 5.10 Å². The lowest BCUT2D eigenvalue weighted by Crippen LogP contribution is -2.14. The third-order valence-corrected chi connectivity index (χ3v) is 3.72. The Bertz CT molecular complexity index is 898. The topological polar surface area (TPSA) is 56.1 Å². The smallest absolute Gasteiger partial charge is 0.257 e. The molecule has 5 heteroatoms. The number of nitrogens with zero attached hydrogens (tertiary/aromatic N) is 2. The summed E-state index contributed by atoms with van der Waals surface area (Å²) < 4.78 is 7.03. The summed E-state index contributed by atoms with van der Waals surface area (Å²) in [6, 6.07) is 18.9. The van der Waals surface area contributed by atoms with Crippen molar-refractivity contribution in [1.82, 2.24) is 9.78 Å². The average Bonchev–Trinajstić information content (AvgIpc) is 3.05. The van der Waals surface area contributed by atoms with E-state index in [1.165, 1.54) is 0 Å². The molecule has 2 aromatic carbocycles. The zero-order valence-electron chi connectivity index (χ0n) is 14.1. The van der Waals surface area contributed by atoms with E-state index < -0.39 is 0 Å². The number of hydrogen-bond donors (Lipinski definition) is 1. The third-order valence-electron chi connectivity index (χ3n) is 3.72. The first-order valence-electron chi connectivity index (χ1n) is 7.88. The van der Waals surface area contributed by atoms with Crippen LogP contribution in [0.25, 0.3) is 11.6 Å². The van der Waals surface area contributed by atoms with E-state index in [9.17, 15) is 4.79 Å². The minimum atomic E-state index is -0.226. The number of aromatic nitrogens is 2. The van der Waals surface area contributed by atoms with Crippen molar-refractivity contribution in [3.05, 3.63) is 78.0 Å². The van der Waals surface area contributed by atoms with E-state index in [4.69, 9.17) is 4.74 Å². The Morgan fingerprint density at radius 1 is 1.08 bits per heavy atom. The van der Waals surface area contributed by atoms with Crippen LogP contribution in [0.1, 0.15) is 11.1 Å². The molecule has 1 amide bonds. The Hall–Kier alpha value is -3.34. The fraction of sp³-hybridized carbons (Fsp3) is 0.100. The molecule has 0 radical (unpaired) electrons. The van der Waals surface area contributed by atoms with Gasteiger partial charge in [-0.3, -0.25) is 9.48 Å². The summed E-state index contributed by atoms with van der Waals surface area (Å²) in [6.45, 7) is 0. The molecule has 0 spiro atoms. The molecule has 0 aliphatic heterocycles. The molecule has 25 heavy (non-hydrogen) atoms. The lowest BCUT2D eigenvalue weighted by atomic mass is 10.0. The van der Waals surface area contributed by atoms with E-state index in [1.807, 2.05) is 60.7 Å². The van der Waals surface area contributed by atoms with Gasteiger partial charge >= 0.3 is 0 Å². The average molecular weight is 333 g/mol. The van der Waals surface area contributed by atoms with Crippen molar-refractivity contribution >= 4 is 23.4 Å². The largest absolute Gasteiger partial charge is 0.496 e. The number of ether oxygens (including phenoxy) is 1. The van der Waals surface area contributed by atoms with Gasteiger partial charge in [0.15, 0.2) is 5.82 Å². The first-order chi connectivity index (χ1) is 12.2. The Kier molecular flexibility index (Phi) is 4.95. The molecular formula is C20H19N3O2. The summed E-state index contributed by atoms with van der Waals surface area (Å²) in [5, 5.41) is 7.04. The predicted octanol–water partition coefficient (Wildman–Crippen LogP) is 3.61. The van der Waals surface area contributed by atoms with Crippen molar-refractivity contribution in [2.75, 3.05) is 12.4 Å². The van der Waals surface area contributed by atoms with Crippen LogP contribution in [-0.4, -0.2) is 22.8 Å². The van der Waals surface area contributed by atoms with Gasteiger partial charge in [0, 0.05) is 30.4 Å². The Morgan fingerprint density at radius 2 is 1.80 bits per heavy atom. The normalized spacial score (nSPS) is 11.2. The SMILES string of the molecule is COc1ccccc1/C=C(/C(=O)Nc1ccn(C)n1)c1ccccc1. The molecule has 5 nitrogen and oxygen atoms in total. The number of aryl methyl sites for hydroxylation is 1. The zero-order valence-corrected chi connectivity index (χ0v) is 14.1. The fourth-order valence-electron chi connectivity index (χ4n) is 2.50. The quantitative estimate of drug-likeness (QED) is 0.573. The van der Waals surface area contributed by atoms with Crippen LogP contribution in [0, 0.1) is 0 Å². The number of amides is 1. The predicted molar refractivity (Wildman–Crippen MR) is 99.1 cm³/mol. The second-order valence-electron chi connectivity index (χ2n) is 5.49. The van der Waals surface area contributed by atoms with Crippen LogP contribution in [0.3, 0.4) is 0 Å². The molecule has 0 bridgehead atoms. The highest BCUT2D eigenvalue weighted by Gasteiger charge is 2.14. The van der Waals surface area contributed by atoms with Crippen LogP contribution in [0.2, 0.25) is 0 Å². The fourth-order valence-corrected chi connectivity index (χ4v) is 2.50. The van der Waals surface area contributed by atoms with Gasteiger partial charge < -0.3 is 10.1 Å². The molecule has 0 unspecified atom stereocenters. The van der Waals surface area contributed by atoms with E-state index in [0.29, 0.717) is 17.1 Å². The number of methoxy groups -OCH3 is 1. The van der Waals surface area contributed by atoms with Crippen LogP contribution < -0.4 is 10.1 Å². The number of para-hydroxylation sites is 1. The minimum absolute atomic E-state index is 0.226. The molecule has 0 atom stereocenters. The van der Waals surface area contributed by atoms with E-state index in [0.717, 1.165) is 11.1 Å². The number of benzene rings is 2. The minimum Gasteiger partial charge on any atom is -0.496 e. The summed E-state index contributed by atoms with van der Waals surface area (Å²) in [5.41, 5.74) is 2.19. The van der Waals surface area contributed by atoms with Crippen molar-refractivity contribution in [3.63, 3.8) is 0 Å². The number of anilines is 1. The maximum Gasteiger partial charge on any atom is 0.257 e. The van der Waals surface area contributed by atoms with Gasteiger partial charge in [-0.25, -0.2) is 0 Å². The number of carbonyl (C=O) groups is 1. The highest BCUT2D eigenvalue weighted by atomic mass is 16.5. The molecule has 126 valence electrons. The second kappa shape index (κ2) is 7.49. The van der Waals surface area contributed by atoms with Crippen molar-refractivity contribution in [3.8, 4) is 5.75 Å². The van der Waals surface area contributed by atoms with Gasteiger partial charge in [-0.05, 0) is 17.7 Å². The number of rotatable bonds is 5. The van der Waals surface area contributed by atoms with Crippen LogP contribution in [-0.2, 0) is 11.8 Å². The van der Waals surface area contributed by atoms with Crippen LogP contribution in [0.4, 0.5) is 5.82 Å². The first-order valence-corrected chi connectivity index (χ1v) is 7.88. The molecule has 0 fully saturated rings. The maximum absolute atomic E-state index is 12.9. The molecule has 0 saturated carbocycles. The highest BCUT2D eigenvalue weighted by molar-refractivity contribution is 6.29. The molecular weight excluding hydrogens is 314 g/mol. The summed E-state index contributed by atoms with van der Waals surface area (Å²) >= 11 is 0. The summed E-state index contributed by atoms with van der Waals surface area (Å²) in [7, 11) is 3.42. The van der Waals surface area contributed by atoms with Crippen LogP contribution >= 0.6 is 0 Å². The van der Waals surface area contributed by atoms with Gasteiger partial charge in [0.05, 0.1) is 7.11 Å². The van der Waals surface area contributed by atoms with Gasteiger partial charge in [0.1, 0.15) is 5.75 Å². The second-order valence-corrected chi connectivity index (χ2v) is 5.49. The van der Waals surface area contributed by atoms with Crippen molar-refractivity contribution in [2.24, 2.45) is 7.05 Å². The maximum atomic E-state index is 12.9. The summed E-state index contributed by atoms with van der Waals surface area (Å²) in [5.74, 6) is 0.992. The Balaban J connectivity index is 2.01. The highest BCUT2D eigenvalue weighted by Crippen LogP contribution is 2.25.